The predicted octanol–water partition coefficient (Wildman–Crippen LogP) is 3.77. The highest BCUT2D eigenvalue weighted by atomic mass is 79.9. The fraction of sp³-hybridized carbons (Fsp3) is 0. The van der Waals surface area contributed by atoms with Gasteiger partial charge in [0.25, 0.3) is 0 Å². The van der Waals surface area contributed by atoms with Crippen molar-refractivity contribution in [3.8, 4) is 0 Å². The van der Waals surface area contributed by atoms with Gasteiger partial charge in [-0.1, -0.05) is 22.0 Å². The van der Waals surface area contributed by atoms with Crippen molar-refractivity contribution in [3.05, 3.63) is 56.3 Å². The van der Waals surface area contributed by atoms with E-state index in [4.69, 9.17) is 0 Å². The van der Waals surface area contributed by atoms with E-state index < -0.39 is 0 Å². The summed E-state index contributed by atoms with van der Waals surface area (Å²) in [4.78, 5) is 0.952. The Morgan fingerprint density at radius 1 is 1.20 bits per heavy atom. The molecule has 0 aliphatic heterocycles. The summed E-state index contributed by atoms with van der Waals surface area (Å²) in [5.74, 6) is 0. The number of nitrogens with zero attached hydrogens (tertiary/aromatic N) is 1. The Labute approximate surface area is 100 Å². The van der Waals surface area contributed by atoms with Gasteiger partial charge in [-0.3, -0.25) is 0 Å². The molecule has 2 nitrogen and oxygen atoms in total. The minimum Gasteiger partial charge on any atom is -0.618 e. The molecule has 0 amide bonds. The standard InChI is InChI=1S/C11H8BrNOS/c12-9-3-5-10(6-4-9)13(14)8-11-2-1-7-15-11/h1-8H/b13-8-. The summed E-state index contributed by atoms with van der Waals surface area (Å²) in [5, 5.41) is 13.6. The van der Waals surface area contributed by atoms with Gasteiger partial charge in [0, 0.05) is 16.6 Å². The van der Waals surface area contributed by atoms with E-state index >= 15 is 0 Å². The van der Waals surface area contributed by atoms with E-state index in [0.717, 1.165) is 14.1 Å². The Bertz CT molecular complexity index is 462. The maximum Gasteiger partial charge on any atom is 0.216 e. The maximum atomic E-state index is 11.7. The van der Waals surface area contributed by atoms with Gasteiger partial charge in [0.05, 0.1) is 4.88 Å². The van der Waals surface area contributed by atoms with E-state index in [1.807, 2.05) is 29.6 Å². The van der Waals surface area contributed by atoms with Crippen molar-refractivity contribution in [1.29, 1.82) is 0 Å². The molecule has 1 heterocycles. The number of hydrogen-bond acceptors (Lipinski definition) is 2. The van der Waals surface area contributed by atoms with Crippen LogP contribution in [0.25, 0.3) is 0 Å². The van der Waals surface area contributed by atoms with Crippen molar-refractivity contribution < 1.29 is 4.74 Å². The summed E-state index contributed by atoms with van der Waals surface area (Å²) in [7, 11) is 0. The minimum atomic E-state index is 0.631. The summed E-state index contributed by atoms with van der Waals surface area (Å²) in [6.45, 7) is 0. The number of thiophene rings is 1. The zero-order valence-corrected chi connectivity index (χ0v) is 10.2. The first kappa shape index (κ1) is 10.4. The van der Waals surface area contributed by atoms with E-state index in [0.29, 0.717) is 5.69 Å². The topological polar surface area (TPSA) is 26.1 Å². The lowest BCUT2D eigenvalue weighted by Crippen LogP contribution is -1.96. The molecule has 1 aromatic carbocycles. The van der Waals surface area contributed by atoms with Crippen LogP contribution in [0.15, 0.2) is 46.3 Å². The lowest BCUT2D eigenvalue weighted by atomic mass is 10.3. The molecule has 15 heavy (non-hydrogen) atoms. The molecule has 0 aliphatic carbocycles. The second-order valence-electron chi connectivity index (χ2n) is 2.95. The van der Waals surface area contributed by atoms with Gasteiger partial charge in [0.1, 0.15) is 0 Å². The van der Waals surface area contributed by atoms with Crippen LogP contribution < -0.4 is 0 Å². The molecule has 0 bridgehead atoms. The lowest BCUT2D eigenvalue weighted by molar-refractivity contribution is -0.354. The lowest BCUT2D eigenvalue weighted by Gasteiger charge is -2.01. The molecule has 0 atom stereocenters. The van der Waals surface area contributed by atoms with Crippen LogP contribution >= 0.6 is 27.3 Å². The molecule has 2 aromatic rings. The van der Waals surface area contributed by atoms with Crippen molar-refractivity contribution in [3.63, 3.8) is 0 Å². The molecule has 4 heteroatoms. The summed E-state index contributed by atoms with van der Waals surface area (Å²) >= 11 is 4.87. The summed E-state index contributed by atoms with van der Waals surface area (Å²) in [6, 6.07) is 11.1. The molecule has 76 valence electrons. The SMILES string of the molecule is [O-]/[N+](=C\c1cccs1)c1ccc(Br)cc1. The van der Waals surface area contributed by atoms with Crippen LogP contribution in [0.3, 0.4) is 0 Å². The second-order valence-corrected chi connectivity index (χ2v) is 4.84. The molecule has 0 radical (unpaired) electrons. The van der Waals surface area contributed by atoms with Gasteiger partial charge < -0.3 is 5.21 Å². The number of benzene rings is 1. The average molecular weight is 282 g/mol. The molecule has 0 fully saturated rings. The Hall–Kier alpha value is -1.13. The number of halogens is 1. The Morgan fingerprint density at radius 3 is 2.53 bits per heavy atom. The van der Waals surface area contributed by atoms with Crippen LogP contribution in [-0.4, -0.2) is 11.0 Å². The van der Waals surface area contributed by atoms with Crippen LogP contribution in [0.5, 0.6) is 0 Å². The molecule has 1 aromatic heterocycles. The minimum absolute atomic E-state index is 0.631. The van der Waals surface area contributed by atoms with Crippen molar-refractivity contribution in [2.24, 2.45) is 0 Å². The predicted molar refractivity (Wildman–Crippen MR) is 66.9 cm³/mol. The Balaban J connectivity index is 2.28. The van der Waals surface area contributed by atoms with Crippen molar-refractivity contribution in [1.82, 2.24) is 0 Å². The Kier molecular flexibility index (Phi) is 3.18. The molecule has 2 rings (SSSR count). The summed E-state index contributed by atoms with van der Waals surface area (Å²) in [6.07, 6.45) is 1.58. The fourth-order valence-corrected chi connectivity index (χ4v) is 2.04. The van der Waals surface area contributed by atoms with Crippen LogP contribution in [0, 0.1) is 5.21 Å². The third kappa shape index (κ3) is 2.67. The third-order valence-electron chi connectivity index (χ3n) is 1.87. The average Bonchev–Trinajstić information content (AvgIpc) is 2.71. The molecule has 0 aliphatic rings. The maximum absolute atomic E-state index is 11.7. The first-order valence-corrected chi connectivity index (χ1v) is 6.03. The molecule has 0 saturated carbocycles. The zero-order chi connectivity index (χ0) is 10.7. The molecule has 0 spiro atoms. The highest BCUT2D eigenvalue weighted by Gasteiger charge is 2.01. The first-order valence-electron chi connectivity index (χ1n) is 4.36. The van der Waals surface area contributed by atoms with Crippen LogP contribution in [0.2, 0.25) is 0 Å². The zero-order valence-electron chi connectivity index (χ0n) is 7.76. The van der Waals surface area contributed by atoms with E-state index in [9.17, 15) is 5.21 Å². The van der Waals surface area contributed by atoms with Gasteiger partial charge in [-0.15, -0.1) is 11.3 Å². The van der Waals surface area contributed by atoms with E-state index in [1.165, 1.54) is 0 Å². The van der Waals surface area contributed by atoms with Crippen molar-refractivity contribution in [2.45, 2.75) is 0 Å². The largest absolute Gasteiger partial charge is 0.618 e. The highest BCUT2D eigenvalue weighted by molar-refractivity contribution is 9.10. The van der Waals surface area contributed by atoms with Crippen LogP contribution in [0.4, 0.5) is 5.69 Å². The van der Waals surface area contributed by atoms with Gasteiger partial charge in [-0.25, -0.2) is 0 Å². The Morgan fingerprint density at radius 2 is 1.93 bits per heavy atom. The molecular formula is C11H8BrNOS. The van der Waals surface area contributed by atoms with Crippen LogP contribution in [0.1, 0.15) is 4.88 Å². The van der Waals surface area contributed by atoms with E-state index in [-0.39, 0.29) is 0 Å². The van der Waals surface area contributed by atoms with E-state index in [2.05, 4.69) is 15.9 Å². The highest BCUT2D eigenvalue weighted by Crippen LogP contribution is 2.16. The second kappa shape index (κ2) is 4.59. The number of rotatable bonds is 2. The molecule has 0 saturated heterocycles. The molecule has 0 N–H and O–H groups in total. The van der Waals surface area contributed by atoms with Gasteiger partial charge >= 0.3 is 0 Å². The van der Waals surface area contributed by atoms with Gasteiger partial charge in [0.2, 0.25) is 5.69 Å². The van der Waals surface area contributed by atoms with Crippen molar-refractivity contribution in [2.75, 3.05) is 0 Å². The van der Waals surface area contributed by atoms with Crippen molar-refractivity contribution >= 4 is 39.2 Å². The first-order chi connectivity index (χ1) is 7.25. The van der Waals surface area contributed by atoms with Gasteiger partial charge in [-0.05, 0) is 23.6 Å². The summed E-state index contributed by atoms with van der Waals surface area (Å²) in [5.41, 5.74) is 0.631. The smallest absolute Gasteiger partial charge is 0.216 e. The fourth-order valence-electron chi connectivity index (χ4n) is 1.14. The quantitative estimate of drug-likeness (QED) is 0.356. The van der Waals surface area contributed by atoms with Gasteiger partial charge in [-0.2, -0.15) is 4.74 Å². The van der Waals surface area contributed by atoms with Crippen LogP contribution in [-0.2, 0) is 0 Å². The summed E-state index contributed by atoms with van der Waals surface area (Å²) < 4.78 is 1.84. The molecular weight excluding hydrogens is 274 g/mol. The third-order valence-corrected chi connectivity index (χ3v) is 3.20. The molecule has 0 unspecified atom stereocenters. The van der Waals surface area contributed by atoms with Gasteiger partial charge in [0.15, 0.2) is 6.21 Å². The number of hydrogen-bond donors (Lipinski definition) is 0. The van der Waals surface area contributed by atoms with E-state index in [1.54, 1.807) is 29.7 Å². The monoisotopic (exact) mass is 281 g/mol. The normalized spacial score (nSPS) is 11.7.